The van der Waals surface area contributed by atoms with Crippen LogP contribution in [0.4, 0.5) is 0 Å². The van der Waals surface area contributed by atoms with E-state index in [1.165, 1.54) is 7.11 Å². The third-order valence-electron chi connectivity index (χ3n) is 3.18. The second-order valence-corrected chi connectivity index (χ2v) is 5.35. The van der Waals surface area contributed by atoms with Crippen LogP contribution in [0.1, 0.15) is 20.3 Å². The molecule has 1 N–H and O–H groups in total. The Labute approximate surface area is 114 Å². The average molecular weight is 272 g/mol. The molecule has 1 aliphatic heterocycles. The number of ether oxygens (including phenoxy) is 2. The Bertz CT molecular complexity index is 312. The summed E-state index contributed by atoms with van der Waals surface area (Å²) in [5.41, 5.74) is -0.479. The highest BCUT2D eigenvalue weighted by Gasteiger charge is 2.30. The first kappa shape index (κ1) is 15.9. The van der Waals surface area contributed by atoms with Gasteiger partial charge in [-0.3, -0.25) is 14.5 Å². The summed E-state index contributed by atoms with van der Waals surface area (Å²) >= 11 is 0. The van der Waals surface area contributed by atoms with E-state index in [4.69, 9.17) is 4.74 Å². The molecule has 0 aromatic carbocycles. The van der Waals surface area contributed by atoms with Gasteiger partial charge in [0.1, 0.15) is 0 Å². The molecule has 0 radical (unpaired) electrons. The predicted octanol–water partition coefficient (Wildman–Crippen LogP) is 0.0241. The molecular weight excluding hydrogens is 248 g/mol. The number of hydrogen-bond acceptors (Lipinski definition) is 5. The quantitative estimate of drug-likeness (QED) is 0.691. The lowest BCUT2D eigenvalue weighted by atomic mass is 9.91. The van der Waals surface area contributed by atoms with E-state index in [2.05, 4.69) is 15.0 Å². The van der Waals surface area contributed by atoms with Crippen LogP contribution in [0, 0.1) is 5.41 Å². The zero-order valence-electron chi connectivity index (χ0n) is 12.0. The molecule has 1 aliphatic rings. The molecule has 0 unspecified atom stereocenters. The topological polar surface area (TPSA) is 67.9 Å². The van der Waals surface area contributed by atoms with Gasteiger partial charge in [-0.25, -0.2) is 0 Å². The van der Waals surface area contributed by atoms with Gasteiger partial charge in [-0.05, 0) is 13.8 Å². The van der Waals surface area contributed by atoms with E-state index in [1.54, 1.807) is 0 Å². The summed E-state index contributed by atoms with van der Waals surface area (Å²) in [7, 11) is 1.34. The van der Waals surface area contributed by atoms with Gasteiger partial charge in [0.25, 0.3) is 0 Å². The maximum Gasteiger partial charge on any atom is 0.307 e. The largest absolute Gasteiger partial charge is 0.469 e. The number of rotatable bonds is 6. The highest BCUT2D eigenvalue weighted by atomic mass is 16.5. The summed E-state index contributed by atoms with van der Waals surface area (Å²) in [5, 5.41) is 2.78. The summed E-state index contributed by atoms with van der Waals surface area (Å²) in [6, 6.07) is 0. The number of nitrogens with one attached hydrogen (secondary N) is 1. The number of morpholine rings is 1. The van der Waals surface area contributed by atoms with Crippen molar-refractivity contribution in [3.05, 3.63) is 0 Å². The highest BCUT2D eigenvalue weighted by molar-refractivity contribution is 5.82. The smallest absolute Gasteiger partial charge is 0.307 e. The first-order chi connectivity index (χ1) is 8.95. The monoisotopic (exact) mass is 272 g/mol. The van der Waals surface area contributed by atoms with Gasteiger partial charge in [0.05, 0.1) is 32.2 Å². The second kappa shape index (κ2) is 7.45. The number of methoxy groups -OCH3 is 1. The third-order valence-corrected chi connectivity index (χ3v) is 3.18. The van der Waals surface area contributed by atoms with Crippen LogP contribution in [0.25, 0.3) is 0 Å². The van der Waals surface area contributed by atoms with Crippen molar-refractivity contribution in [3.8, 4) is 0 Å². The summed E-state index contributed by atoms with van der Waals surface area (Å²) < 4.78 is 9.81. The third kappa shape index (κ3) is 5.57. The van der Waals surface area contributed by atoms with Crippen molar-refractivity contribution in [2.75, 3.05) is 46.5 Å². The molecule has 1 rings (SSSR count). The van der Waals surface area contributed by atoms with Gasteiger partial charge in [0.15, 0.2) is 0 Å². The molecule has 0 atom stereocenters. The molecule has 19 heavy (non-hydrogen) atoms. The van der Waals surface area contributed by atoms with Crippen molar-refractivity contribution in [2.45, 2.75) is 20.3 Å². The van der Waals surface area contributed by atoms with Gasteiger partial charge in [0.2, 0.25) is 5.91 Å². The van der Waals surface area contributed by atoms with Crippen LogP contribution >= 0.6 is 0 Å². The predicted molar refractivity (Wildman–Crippen MR) is 70.7 cm³/mol. The summed E-state index contributed by atoms with van der Waals surface area (Å²) in [6.07, 6.45) is 0.204. The lowest BCUT2D eigenvalue weighted by Crippen LogP contribution is -2.48. The van der Waals surface area contributed by atoms with Crippen LogP contribution in [-0.2, 0) is 19.1 Å². The minimum atomic E-state index is -0.479. The lowest BCUT2D eigenvalue weighted by Gasteiger charge is -2.33. The molecule has 0 aromatic heterocycles. The van der Waals surface area contributed by atoms with E-state index in [0.717, 1.165) is 26.3 Å². The minimum absolute atomic E-state index is 0.0390. The number of nitrogens with zero attached hydrogens (tertiary/aromatic N) is 1. The number of hydrogen-bond donors (Lipinski definition) is 1. The molecule has 0 spiro atoms. The fourth-order valence-electron chi connectivity index (χ4n) is 2.01. The Balaban J connectivity index is 2.33. The Morgan fingerprint density at radius 1 is 1.32 bits per heavy atom. The minimum Gasteiger partial charge on any atom is -0.469 e. The molecular formula is C13H24N2O4. The molecule has 6 heteroatoms. The first-order valence-corrected chi connectivity index (χ1v) is 6.61. The van der Waals surface area contributed by atoms with Gasteiger partial charge in [-0.2, -0.15) is 0 Å². The van der Waals surface area contributed by atoms with Gasteiger partial charge in [-0.1, -0.05) is 0 Å². The van der Waals surface area contributed by atoms with Gasteiger partial charge < -0.3 is 14.8 Å². The summed E-state index contributed by atoms with van der Waals surface area (Å²) in [5.74, 6) is -0.353. The van der Waals surface area contributed by atoms with Crippen LogP contribution in [0.5, 0.6) is 0 Å². The lowest BCUT2D eigenvalue weighted by molar-refractivity contribution is -0.140. The van der Waals surface area contributed by atoms with Crippen molar-refractivity contribution in [1.82, 2.24) is 10.2 Å². The van der Waals surface area contributed by atoms with Gasteiger partial charge in [-0.15, -0.1) is 0 Å². The number of amides is 1. The molecule has 1 heterocycles. The number of esters is 1. The van der Waals surface area contributed by atoms with E-state index >= 15 is 0 Å². The fraction of sp³-hybridized carbons (Fsp3) is 0.846. The Kier molecular flexibility index (Phi) is 6.24. The SMILES string of the molecule is COC(=O)CCNC(=O)C(C)(C)CN1CCOCC1. The van der Waals surface area contributed by atoms with Crippen molar-refractivity contribution in [3.63, 3.8) is 0 Å². The fourth-order valence-corrected chi connectivity index (χ4v) is 2.01. The van der Waals surface area contributed by atoms with E-state index in [1.807, 2.05) is 13.8 Å². The van der Waals surface area contributed by atoms with Crippen molar-refractivity contribution in [2.24, 2.45) is 5.41 Å². The van der Waals surface area contributed by atoms with Gasteiger partial charge in [0, 0.05) is 26.2 Å². The normalized spacial score (nSPS) is 17.0. The molecule has 1 saturated heterocycles. The van der Waals surface area contributed by atoms with Crippen LogP contribution < -0.4 is 5.32 Å². The zero-order valence-corrected chi connectivity index (χ0v) is 12.0. The molecule has 1 fully saturated rings. The standard InChI is InChI=1S/C13H24N2O4/c1-13(2,10-15-6-8-19-9-7-15)12(17)14-5-4-11(16)18-3/h4-10H2,1-3H3,(H,14,17). The molecule has 110 valence electrons. The molecule has 0 bridgehead atoms. The maximum atomic E-state index is 12.1. The second-order valence-electron chi connectivity index (χ2n) is 5.35. The van der Waals surface area contributed by atoms with E-state index in [-0.39, 0.29) is 18.3 Å². The average Bonchev–Trinajstić information content (AvgIpc) is 2.39. The highest BCUT2D eigenvalue weighted by Crippen LogP contribution is 2.18. The Morgan fingerprint density at radius 2 is 1.95 bits per heavy atom. The van der Waals surface area contributed by atoms with E-state index < -0.39 is 5.41 Å². The van der Waals surface area contributed by atoms with E-state index in [9.17, 15) is 9.59 Å². The van der Waals surface area contributed by atoms with Crippen LogP contribution in [0.2, 0.25) is 0 Å². The molecule has 6 nitrogen and oxygen atoms in total. The zero-order chi connectivity index (χ0) is 14.3. The summed E-state index contributed by atoms with van der Waals surface area (Å²) in [6.45, 7) is 8.00. The molecule has 1 amide bonds. The van der Waals surface area contributed by atoms with Crippen molar-refractivity contribution >= 4 is 11.9 Å². The van der Waals surface area contributed by atoms with Crippen LogP contribution in [-0.4, -0.2) is 63.3 Å². The van der Waals surface area contributed by atoms with Crippen molar-refractivity contribution in [1.29, 1.82) is 0 Å². The Hall–Kier alpha value is -1.14. The number of carbonyl (C=O) groups excluding carboxylic acids is 2. The van der Waals surface area contributed by atoms with Crippen LogP contribution in [0.15, 0.2) is 0 Å². The molecule has 0 aromatic rings. The van der Waals surface area contributed by atoms with Crippen LogP contribution in [0.3, 0.4) is 0 Å². The number of carbonyl (C=O) groups is 2. The maximum absolute atomic E-state index is 12.1. The first-order valence-electron chi connectivity index (χ1n) is 6.61. The van der Waals surface area contributed by atoms with Gasteiger partial charge >= 0.3 is 5.97 Å². The molecule has 0 aliphatic carbocycles. The van der Waals surface area contributed by atoms with Crippen molar-refractivity contribution < 1.29 is 19.1 Å². The summed E-state index contributed by atoms with van der Waals surface area (Å²) in [4.78, 5) is 25.3. The van der Waals surface area contributed by atoms with E-state index in [0.29, 0.717) is 13.1 Å². The molecule has 0 saturated carbocycles. The Morgan fingerprint density at radius 3 is 2.53 bits per heavy atom.